The summed E-state index contributed by atoms with van der Waals surface area (Å²) in [4.78, 5) is 4.44. The first-order chi connectivity index (χ1) is 9.11. The zero-order valence-corrected chi connectivity index (χ0v) is 11.4. The molecule has 5 nitrogen and oxygen atoms in total. The summed E-state index contributed by atoms with van der Waals surface area (Å²) < 4.78 is 25.5. The molecule has 0 aromatic carbocycles. The van der Waals surface area contributed by atoms with Crippen LogP contribution < -0.4 is 5.73 Å². The van der Waals surface area contributed by atoms with Crippen LogP contribution in [0.15, 0.2) is 24.5 Å². The third-order valence-corrected chi connectivity index (χ3v) is 5.56. The van der Waals surface area contributed by atoms with Crippen molar-refractivity contribution in [2.75, 3.05) is 11.5 Å². The fraction of sp³-hybridized carbons (Fsp3) is 0.462. The first-order valence-electron chi connectivity index (χ1n) is 6.46. The molecule has 1 aliphatic heterocycles. The molecule has 1 saturated heterocycles. The number of imidazole rings is 1. The molecule has 1 unspecified atom stereocenters. The fourth-order valence-electron chi connectivity index (χ4n) is 2.80. The summed E-state index contributed by atoms with van der Waals surface area (Å²) in [5.74, 6) is 1.35. The van der Waals surface area contributed by atoms with Crippen LogP contribution >= 0.6 is 0 Å². The molecule has 2 aromatic heterocycles. The van der Waals surface area contributed by atoms with E-state index >= 15 is 0 Å². The van der Waals surface area contributed by atoms with Gasteiger partial charge in [-0.05, 0) is 24.5 Å². The third kappa shape index (κ3) is 2.26. The number of nitrogens with two attached hydrogens (primary N) is 1. The molecule has 2 N–H and O–H groups in total. The summed E-state index contributed by atoms with van der Waals surface area (Å²) in [6.07, 6.45) is 5.32. The van der Waals surface area contributed by atoms with Gasteiger partial charge in [-0.2, -0.15) is 0 Å². The van der Waals surface area contributed by atoms with Crippen LogP contribution in [0, 0.1) is 0 Å². The third-order valence-electron chi connectivity index (χ3n) is 3.74. The number of sulfone groups is 1. The number of nitrogens with zero attached hydrogens (tertiary/aromatic N) is 2. The van der Waals surface area contributed by atoms with Gasteiger partial charge in [0.1, 0.15) is 5.82 Å². The molecule has 6 heteroatoms. The predicted molar refractivity (Wildman–Crippen MR) is 73.7 cm³/mol. The Kier molecular flexibility index (Phi) is 3.06. The lowest BCUT2D eigenvalue weighted by Gasteiger charge is -2.21. The average molecular weight is 279 g/mol. The zero-order valence-electron chi connectivity index (χ0n) is 10.6. The summed E-state index contributed by atoms with van der Waals surface area (Å²) in [6.45, 7) is 0.457. The summed E-state index contributed by atoms with van der Waals surface area (Å²) in [5.41, 5.74) is 7.71. The van der Waals surface area contributed by atoms with E-state index in [2.05, 4.69) is 4.98 Å². The maximum atomic E-state index is 11.8. The van der Waals surface area contributed by atoms with Crippen molar-refractivity contribution in [2.24, 2.45) is 5.73 Å². The second-order valence-corrected chi connectivity index (χ2v) is 7.29. The second-order valence-electron chi connectivity index (χ2n) is 5.06. The number of rotatable bonds is 2. The van der Waals surface area contributed by atoms with E-state index in [1.54, 1.807) is 6.20 Å². The lowest BCUT2D eigenvalue weighted by Crippen LogP contribution is -2.25. The van der Waals surface area contributed by atoms with Crippen LogP contribution in [0.25, 0.3) is 5.52 Å². The molecule has 0 bridgehead atoms. The van der Waals surface area contributed by atoms with Crippen LogP contribution in [0.3, 0.4) is 0 Å². The highest BCUT2D eigenvalue weighted by atomic mass is 32.2. The molecule has 102 valence electrons. The maximum Gasteiger partial charge on any atom is 0.151 e. The Labute approximate surface area is 112 Å². The molecule has 1 atom stereocenters. The Hall–Kier alpha value is -1.40. The molecule has 3 rings (SSSR count). The molecule has 0 saturated carbocycles. The molecule has 19 heavy (non-hydrogen) atoms. The predicted octanol–water partition coefficient (Wildman–Crippen LogP) is 1.09. The monoisotopic (exact) mass is 279 g/mol. The van der Waals surface area contributed by atoms with Gasteiger partial charge in [0.25, 0.3) is 0 Å². The van der Waals surface area contributed by atoms with Gasteiger partial charge in [-0.25, -0.2) is 13.4 Å². The minimum Gasteiger partial charge on any atom is -0.326 e. The van der Waals surface area contributed by atoms with E-state index in [0.29, 0.717) is 12.3 Å². The van der Waals surface area contributed by atoms with Crippen molar-refractivity contribution in [3.05, 3.63) is 35.9 Å². The van der Waals surface area contributed by atoms with Gasteiger partial charge in [-0.3, -0.25) is 0 Å². The van der Waals surface area contributed by atoms with Crippen LogP contribution in [-0.2, 0) is 16.4 Å². The Morgan fingerprint density at radius 3 is 3.05 bits per heavy atom. The average Bonchev–Trinajstić information content (AvgIpc) is 2.81. The molecule has 0 amide bonds. The van der Waals surface area contributed by atoms with Gasteiger partial charge < -0.3 is 10.1 Å². The highest BCUT2D eigenvalue weighted by molar-refractivity contribution is 7.91. The number of pyridine rings is 1. The summed E-state index contributed by atoms with van der Waals surface area (Å²) in [6, 6.07) is 3.90. The van der Waals surface area contributed by atoms with Crippen LogP contribution in [-0.4, -0.2) is 29.3 Å². The smallest absolute Gasteiger partial charge is 0.151 e. The quantitative estimate of drug-likeness (QED) is 0.892. The number of hydrogen-bond acceptors (Lipinski definition) is 4. The van der Waals surface area contributed by atoms with E-state index in [0.717, 1.165) is 29.7 Å². The minimum atomic E-state index is -2.92. The van der Waals surface area contributed by atoms with Gasteiger partial charge >= 0.3 is 0 Å². The van der Waals surface area contributed by atoms with Gasteiger partial charge in [0.2, 0.25) is 0 Å². The standard InChI is InChI=1S/C13H17N3O2S/c14-7-10-3-1-5-16-12(10)8-15-13(16)11-4-2-6-19(17,18)9-11/h1,3,5,8,11H,2,4,6-7,9,14H2. The Morgan fingerprint density at radius 1 is 1.47 bits per heavy atom. The Balaban J connectivity index is 2.06. The van der Waals surface area contributed by atoms with Crippen LogP contribution in [0.1, 0.15) is 30.1 Å². The Bertz CT molecular complexity index is 706. The second kappa shape index (κ2) is 4.61. The largest absolute Gasteiger partial charge is 0.326 e. The summed E-state index contributed by atoms with van der Waals surface area (Å²) in [7, 11) is -2.92. The van der Waals surface area contributed by atoms with E-state index < -0.39 is 9.84 Å². The van der Waals surface area contributed by atoms with E-state index in [9.17, 15) is 8.42 Å². The molecule has 0 spiro atoms. The van der Waals surface area contributed by atoms with Crippen molar-refractivity contribution in [1.29, 1.82) is 0 Å². The van der Waals surface area contributed by atoms with Crippen molar-refractivity contribution < 1.29 is 8.42 Å². The van der Waals surface area contributed by atoms with Crippen molar-refractivity contribution >= 4 is 15.4 Å². The van der Waals surface area contributed by atoms with Gasteiger partial charge in [0, 0.05) is 18.7 Å². The lowest BCUT2D eigenvalue weighted by atomic mass is 10.0. The molecular formula is C13H17N3O2S. The number of aromatic nitrogens is 2. The van der Waals surface area contributed by atoms with Crippen LogP contribution in [0.5, 0.6) is 0 Å². The first kappa shape index (κ1) is 12.6. The molecule has 2 aromatic rings. The highest BCUT2D eigenvalue weighted by Crippen LogP contribution is 2.28. The van der Waals surface area contributed by atoms with E-state index in [4.69, 9.17) is 5.73 Å². The summed E-state index contributed by atoms with van der Waals surface area (Å²) >= 11 is 0. The van der Waals surface area contributed by atoms with Crippen molar-refractivity contribution in [3.63, 3.8) is 0 Å². The van der Waals surface area contributed by atoms with Crippen LogP contribution in [0.4, 0.5) is 0 Å². The molecule has 0 aliphatic carbocycles. The number of hydrogen-bond donors (Lipinski definition) is 1. The highest BCUT2D eigenvalue weighted by Gasteiger charge is 2.28. The fourth-order valence-corrected chi connectivity index (χ4v) is 4.50. The van der Waals surface area contributed by atoms with E-state index in [1.165, 1.54) is 0 Å². The van der Waals surface area contributed by atoms with Gasteiger partial charge in [0.05, 0.1) is 23.2 Å². The topological polar surface area (TPSA) is 77.5 Å². The lowest BCUT2D eigenvalue weighted by molar-refractivity contribution is 0.542. The van der Waals surface area contributed by atoms with Gasteiger partial charge in [-0.15, -0.1) is 0 Å². The van der Waals surface area contributed by atoms with Crippen molar-refractivity contribution in [3.8, 4) is 0 Å². The van der Waals surface area contributed by atoms with Crippen molar-refractivity contribution in [1.82, 2.24) is 9.38 Å². The molecule has 1 fully saturated rings. The van der Waals surface area contributed by atoms with Gasteiger partial charge in [0.15, 0.2) is 9.84 Å². The molecule has 0 radical (unpaired) electrons. The number of fused-ring (bicyclic) bond motifs is 1. The van der Waals surface area contributed by atoms with Crippen LogP contribution in [0.2, 0.25) is 0 Å². The maximum absolute atomic E-state index is 11.8. The molecule has 1 aliphatic rings. The minimum absolute atomic E-state index is 0.00530. The first-order valence-corrected chi connectivity index (χ1v) is 8.28. The van der Waals surface area contributed by atoms with Crippen molar-refractivity contribution in [2.45, 2.75) is 25.3 Å². The zero-order chi connectivity index (χ0) is 13.5. The summed E-state index contributed by atoms with van der Waals surface area (Å²) in [5, 5.41) is 0. The SMILES string of the molecule is NCc1cccn2c(C3CCCS(=O)(=O)C3)ncc12. The van der Waals surface area contributed by atoms with E-state index in [-0.39, 0.29) is 11.7 Å². The van der Waals surface area contributed by atoms with E-state index in [1.807, 2.05) is 22.7 Å². The van der Waals surface area contributed by atoms with Gasteiger partial charge in [-0.1, -0.05) is 6.07 Å². The molecular weight excluding hydrogens is 262 g/mol. The Morgan fingerprint density at radius 2 is 2.32 bits per heavy atom. The normalized spacial score (nSPS) is 22.7. The molecule has 3 heterocycles.